The van der Waals surface area contributed by atoms with E-state index in [0.29, 0.717) is 13.8 Å². The van der Waals surface area contributed by atoms with Gasteiger partial charge < -0.3 is 14.4 Å². The van der Waals surface area contributed by atoms with Crippen LogP contribution in [0.25, 0.3) is 11.1 Å². The fourth-order valence-electron chi connectivity index (χ4n) is 3.80. The molecule has 1 aliphatic rings. The first-order valence-corrected chi connectivity index (χ1v) is 14.1. The number of aromatic nitrogens is 2. The van der Waals surface area contributed by atoms with Gasteiger partial charge in [-0.3, -0.25) is 9.59 Å². The van der Waals surface area contributed by atoms with E-state index in [2.05, 4.69) is 4.98 Å². The zero-order valence-corrected chi connectivity index (χ0v) is 25.1. The molecule has 4 aromatic rings. The molecular formula is C36H38F4N4O2S. The summed E-state index contributed by atoms with van der Waals surface area (Å²) in [6, 6.07) is -8.29. The molecular weight excluding hydrogens is 628 g/mol. The van der Waals surface area contributed by atoms with Gasteiger partial charge in [0.15, 0.2) is 5.16 Å². The lowest BCUT2D eigenvalue weighted by atomic mass is 10.0. The van der Waals surface area contributed by atoms with Crippen LogP contribution in [0.3, 0.4) is 0 Å². The van der Waals surface area contributed by atoms with E-state index in [1.54, 1.807) is 0 Å². The first-order chi connectivity index (χ1) is 31.8. The van der Waals surface area contributed by atoms with E-state index >= 15 is 4.79 Å². The minimum atomic E-state index is -5.46. The summed E-state index contributed by atoms with van der Waals surface area (Å²) >= 11 is -0.114. The molecule has 1 aliphatic carbocycles. The monoisotopic (exact) mass is 690 g/mol. The lowest BCUT2D eigenvalue weighted by Gasteiger charge is -2.28. The summed E-state index contributed by atoms with van der Waals surface area (Å²) in [4.78, 5) is 31.7. The normalized spacial score (nSPS) is 25.0. The second kappa shape index (κ2) is 15.3. The summed E-state index contributed by atoms with van der Waals surface area (Å²) in [7, 11) is 0. The Morgan fingerprint density at radius 3 is 2.23 bits per heavy atom. The number of likely N-dealkylation sites (N-methyl/N-ethyl adjacent to an activating group) is 1. The van der Waals surface area contributed by atoms with Gasteiger partial charge in [0.2, 0.25) is 5.91 Å². The predicted octanol–water partition coefficient (Wildman–Crippen LogP) is 7.22. The second-order valence-electron chi connectivity index (χ2n) is 9.18. The number of rotatable bonds is 13. The van der Waals surface area contributed by atoms with Crippen molar-refractivity contribution in [1.82, 2.24) is 19.4 Å². The maximum absolute atomic E-state index is 15.1. The molecule has 5 rings (SSSR count). The van der Waals surface area contributed by atoms with Crippen molar-refractivity contribution >= 4 is 17.7 Å². The van der Waals surface area contributed by atoms with Gasteiger partial charge in [-0.25, -0.2) is 4.39 Å². The maximum atomic E-state index is 15.1. The van der Waals surface area contributed by atoms with E-state index in [4.69, 9.17) is 30.2 Å². The number of benzene rings is 3. The first kappa shape index (κ1) is 15.1. The average molecular weight is 691 g/mol. The van der Waals surface area contributed by atoms with Crippen molar-refractivity contribution in [1.29, 1.82) is 0 Å². The van der Waals surface area contributed by atoms with Crippen molar-refractivity contribution in [2.24, 2.45) is 0 Å². The smallest absolute Gasteiger partial charge is 0.336 e. The summed E-state index contributed by atoms with van der Waals surface area (Å²) in [6.45, 7) is -17.1. The van der Waals surface area contributed by atoms with Crippen LogP contribution in [0, 0.1) is 5.82 Å². The van der Waals surface area contributed by atoms with Crippen LogP contribution in [-0.2, 0) is 42.5 Å². The van der Waals surface area contributed by atoms with E-state index in [-0.39, 0.29) is 31.7 Å². The Bertz CT molecular complexity index is 2820. The van der Waals surface area contributed by atoms with Gasteiger partial charge in [0, 0.05) is 55.7 Å². The van der Waals surface area contributed by atoms with Crippen molar-refractivity contribution < 1.29 is 55.3 Å². The Hall–Kier alpha value is -3.96. The zero-order chi connectivity index (χ0) is 54.9. The number of halogens is 4. The van der Waals surface area contributed by atoms with Crippen LogP contribution >= 0.6 is 11.8 Å². The highest BCUT2D eigenvalue weighted by atomic mass is 32.2. The van der Waals surface area contributed by atoms with Crippen LogP contribution in [0.15, 0.2) is 82.6 Å². The number of amides is 1. The second-order valence-corrected chi connectivity index (χ2v) is 9.96. The van der Waals surface area contributed by atoms with Crippen LogP contribution in [0.5, 0.6) is 0 Å². The van der Waals surface area contributed by atoms with Crippen LogP contribution in [0.2, 0.25) is 0 Å². The third-order valence-electron chi connectivity index (χ3n) is 6.11. The molecule has 0 atom stereocenters. The minimum Gasteiger partial charge on any atom is -0.336 e. The molecule has 0 saturated carbocycles. The molecule has 0 saturated heterocycles. The molecule has 1 aromatic heterocycles. The lowest BCUT2D eigenvalue weighted by Crippen LogP contribution is -2.40. The Labute approximate surface area is 310 Å². The van der Waals surface area contributed by atoms with Gasteiger partial charge in [-0.1, -0.05) is 74.0 Å². The molecule has 0 aliphatic heterocycles. The molecule has 0 N–H and O–H groups in total. The van der Waals surface area contributed by atoms with E-state index in [9.17, 15) is 25.1 Å². The van der Waals surface area contributed by atoms with Crippen molar-refractivity contribution in [3.63, 3.8) is 0 Å². The highest BCUT2D eigenvalue weighted by Gasteiger charge is 2.30. The molecule has 47 heavy (non-hydrogen) atoms. The fraction of sp³-hybridized carbons (Fsp3) is 0.361. The van der Waals surface area contributed by atoms with Crippen LogP contribution in [0.1, 0.15) is 81.1 Å². The predicted molar refractivity (Wildman–Crippen MR) is 177 cm³/mol. The maximum Gasteiger partial charge on any atom is 0.416 e. The Kier molecular flexibility index (Phi) is 4.91. The standard InChI is InChI=1S/C36H38F4N4O2S/c1-3-42(4-2)20-21-43(22-25-8-12-27(13-9-25)28-14-16-29(17-15-28)36(38,39)40)33(45)23-44-32-7-5-6-31(32)34(46)41-35(44)47-24-26-10-18-30(37)19-11-26/h8-19H,3-7,20-24H2,1-2H3/i3D2,4D2,5D2,6D2,7D2,8D,9D,12D,13D,14D,15D,16D,17D,20D2,21D2,24D2. The number of alkyl halides is 3. The van der Waals surface area contributed by atoms with Gasteiger partial charge in [0.25, 0.3) is 5.56 Å². The Morgan fingerprint density at radius 1 is 0.979 bits per heavy atom. The fourth-order valence-corrected chi connectivity index (χ4v) is 4.54. The molecule has 1 heterocycles. The lowest BCUT2D eigenvalue weighted by molar-refractivity contribution is -0.137. The van der Waals surface area contributed by atoms with E-state index in [0.717, 1.165) is 24.3 Å². The summed E-state index contributed by atoms with van der Waals surface area (Å²) in [5, 5.41) is -1.07. The summed E-state index contributed by atoms with van der Waals surface area (Å²) in [6.07, 6.45) is -16.5. The van der Waals surface area contributed by atoms with E-state index in [1.165, 1.54) is 0 Å². The van der Waals surface area contributed by atoms with Gasteiger partial charge in [0.1, 0.15) is 12.4 Å². The van der Waals surface area contributed by atoms with E-state index < -0.39 is 174 Å². The quantitative estimate of drug-likeness (QED) is 0.0843. The van der Waals surface area contributed by atoms with Gasteiger partial charge in [-0.2, -0.15) is 18.2 Å². The molecule has 0 unspecified atom stereocenters. The van der Waals surface area contributed by atoms with Crippen LogP contribution in [-0.4, -0.2) is 51.2 Å². The topological polar surface area (TPSA) is 58.4 Å². The Balaban J connectivity index is 1.86. The first-order valence-electron chi connectivity index (χ1n) is 25.2. The van der Waals surface area contributed by atoms with Gasteiger partial charge in [0.05, 0.1) is 19.3 Å². The number of carbonyl (C=O) groups excluding carboxylic acids is 1. The molecule has 0 spiro atoms. The van der Waals surface area contributed by atoms with Crippen molar-refractivity contribution in [2.75, 3.05) is 26.0 Å². The summed E-state index contributed by atoms with van der Waals surface area (Å²) in [5.41, 5.74) is -13.1. The van der Waals surface area contributed by atoms with Gasteiger partial charge in [-0.15, -0.1) is 0 Å². The largest absolute Gasteiger partial charge is 0.416 e. The third-order valence-corrected chi connectivity index (χ3v) is 6.94. The molecule has 0 radical (unpaired) electrons. The highest BCUT2D eigenvalue weighted by Crippen LogP contribution is 2.31. The number of nitrogens with zero attached hydrogens (tertiary/aromatic N) is 4. The SMILES string of the molecule is [2H]c1c([2H])c(-c2c([2H])c([2H])c(C(F)(F)F)c([2H])c2[2H])c([2H])c([2H])c1CN(C(=O)Cn1c(SC([2H])([2H])c2ccc(F)cc2)nc(=O)c2c1C([2H])([2H])C([2H])([2H])C2([2H])[2H])C([2H])([2H])C([2H])([2H])N(C([2H])([2H])C)C([2H])([2H])C. The third kappa shape index (κ3) is 8.70. The summed E-state index contributed by atoms with van der Waals surface area (Å²) in [5.74, 6) is -2.79. The van der Waals surface area contributed by atoms with Gasteiger partial charge in [-0.05, 0) is 78.6 Å². The number of hydrogen-bond acceptors (Lipinski definition) is 5. The number of hydrogen-bond donors (Lipinski definition) is 0. The Morgan fingerprint density at radius 2 is 1.62 bits per heavy atom. The van der Waals surface area contributed by atoms with Crippen LogP contribution in [0.4, 0.5) is 17.6 Å². The van der Waals surface area contributed by atoms with Crippen molar-refractivity contribution in [3.8, 4) is 11.1 Å². The molecule has 6 nitrogen and oxygen atoms in total. The highest BCUT2D eigenvalue weighted by molar-refractivity contribution is 7.98. The number of carbonyl (C=O) groups is 1. The number of fused-ring (bicyclic) bond motifs is 1. The van der Waals surface area contributed by atoms with E-state index in [1.807, 2.05) is 0 Å². The molecule has 0 fully saturated rings. The minimum absolute atomic E-state index is 0.114. The average Bonchev–Trinajstić information content (AvgIpc) is 3.30. The molecule has 0 bridgehead atoms. The van der Waals surface area contributed by atoms with Crippen molar-refractivity contribution in [2.45, 2.75) is 63.1 Å². The molecule has 248 valence electrons. The van der Waals surface area contributed by atoms with Gasteiger partial charge >= 0.3 is 6.18 Å². The zero-order valence-electron chi connectivity index (χ0n) is 48.2. The molecule has 3 aromatic carbocycles. The van der Waals surface area contributed by atoms with Crippen molar-refractivity contribution in [3.05, 3.63) is 117 Å². The molecule has 1 amide bonds. The summed E-state index contributed by atoms with van der Waals surface area (Å²) < 4.78 is 262. The molecule has 11 heteroatoms. The van der Waals surface area contributed by atoms with Crippen LogP contribution < -0.4 is 5.56 Å². The number of thioether (sulfide) groups is 1.